The third kappa shape index (κ3) is 3.39. The smallest absolute Gasteiger partial charge is 0.465 e. The highest BCUT2D eigenvalue weighted by Gasteiger charge is 2.31. The Labute approximate surface area is 154 Å². The van der Waals surface area contributed by atoms with Crippen LogP contribution in [0.25, 0.3) is 22.2 Å². The van der Waals surface area contributed by atoms with E-state index in [4.69, 9.17) is 4.74 Å². The molecule has 0 bridgehead atoms. The number of aryl methyl sites for hydroxylation is 1. The van der Waals surface area contributed by atoms with Gasteiger partial charge in [-0.05, 0) is 39.7 Å². The maximum atomic E-state index is 12.3. The van der Waals surface area contributed by atoms with Gasteiger partial charge in [-0.15, -0.1) is 13.2 Å². The van der Waals surface area contributed by atoms with Crippen molar-refractivity contribution < 1.29 is 27.4 Å². The molecule has 5 nitrogen and oxygen atoms in total. The number of methoxy groups -OCH3 is 1. The van der Waals surface area contributed by atoms with Crippen LogP contribution in [-0.4, -0.2) is 29.0 Å². The van der Waals surface area contributed by atoms with Gasteiger partial charge in [0.1, 0.15) is 5.75 Å². The second-order valence-corrected chi connectivity index (χ2v) is 6.20. The monoisotopic (exact) mass is 428 g/mol. The van der Waals surface area contributed by atoms with Crippen LogP contribution in [0.1, 0.15) is 10.4 Å². The summed E-state index contributed by atoms with van der Waals surface area (Å²) in [5.74, 6) is -0.873. The average molecular weight is 429 g/mol. The Bertz CT molecular complexity index is 982. The van der Waals surface area contributed by atoms with Gasteiger partial charge in [-0.25, -0.2) is 9.78 Å². The molecule has 0 atom stereocenters. The number of ether oxygens (including phenoxy) is 2. The molecule has 9 heteroatoms. The molecule has 0 aliphatic carbocycles. The maximum Gasteiger partial charge on any atom is 0.573 e. The van der Waals surface area contributed by atoms with E-state index in [1.807, 2.05) is 0 Å². The van der Waals surface area contributed by atoms with Gasteiger partial charge in [-0.3, -0.25) is 0 Å². The summed E-state index contributed by atoms with van der Waals surface area (Å²) in [6, 6.07) is 6.94. The van der Waals surface area contributed by atoms with Gasteiger partial charge >= 0.3 is 12.3 Å². The van der Waals surface area contributed by atoms with E-state index >= 15 is 0 Å². The highest BCUT2D eigenvalue weighted by atomic mass is 79.9. The third-order valence-corrected chi connectivity index (χ3v) is 4.53. The molecule has 3 aromatic rings. The van der Waals surface area contributed by atoms with Crippen LogP contribution in [0, 0.1) is 0 Å². The summed E-state index contributed by atoms with van der Waals surface area (Å²) < 4.78 is 47.9. The zero-order chi connectivity index (χ0) is 19.1. The van der Waals surface area contributed by atoms with E-state index in [0.29, 0.717) is 26.6 Å². The van der Waals surface area contributed by atoms with E-state index in [2.05, 4.69) is 25.7 Å². The second kappa shape index (κ2) is 6.64. The molecular weight excluding hydrogens is 417 g/mol. The van der Waals surface area contributed by atoms with Crippen molar-refractivity contribution >= 4 is 32.9 Å². The topological polar surface area (TPSA) is 53.4 Å². The molecule has 3 rings (SSSR count). The lowest BCUT2D eigenvalue weighted by Crippen LogP contribution is -2.16. The molecule has 0 amide bonds. The molecule has 1 aromatic heterocycles. The predicted molar refractivity (Wildman–Crippen MR) is 91.9 cm³/mol. The number of carbonyl (C=O) groups excluding carboxylic acids is 1. The molecule has 1 heterocycles. The Morgan fingerprint density at radius 2 is 1.88 bits per heavy atom. The van der Waals surface area contributed by atoms with Crippen LogP contribution >= 0.6 is 15.9 Å². The minimum Gasteiger partial charge on any atom is -0.465 e. The molecular formula is C17H12BrF3N2O3. The van der Waals surface area contributed by atoms with Crippen molar-refractivity contribution in [2.45, 2.75) is 6.36 Å². The fourth-order valence-corrected chi connectivity index (χ4v) is 3.35. The number of hydrogen-bond acceptors (Lipinski definition) is 4. The number of hydrogen-bond donors (Lipinski definition) is 0. The first kappa shape index (κ1) is 18.2. The molecule has 0 aliphatic heterocycles. The van der Waals surface area contributed by atoms with E-state index < -0.39 is 12.3 Å². The fraction of sp³-hybridized carbons (Fsp3) is 0.176. The largest absolute Gasteiger partial charge is 0.573 e. The van der Waals surface area contributed by atoms with Crippen molar-refractivity contribution in [2.24, 2.45) is 7.05 Å². The number of fused-ring (bicyclic) bond motifs is 1. The second-order valence-electron chi connectivity index (χ2n) is 5.40. The van der Waals surface area contributed by atoms with Crippen molar-refractivity contribution in [3.8, 4) is 16.9 Å². The van der Waals surface area contributed by atoms with Gasteiger partial charge in [0.15, 0.2) is 0 Å². The number of alkyl halides is 3. The van der Waals surface area contributed by atoms with E-state index in [0.717, 1.165) is 0 Å². The molecule has 0 spiro atoms. The molecule has 0 fully saturated rings. The number of benzene rings is 2. The Kier molecular flexibility index (Phi) is 4.66. The zero-order valence-electron chi connectivity index (χ0n) is 13.6. The Balaban J connectivity index is 2.15. The number of halogens is 4. The van der Waals surface area contributed by atoms with Crippen molar-refractivity contribution in [3.05, 3.63) is 46.7 Å². The summed E-state index contributed by atoms with van der Waals surface area (Å²) >= 11 is 3.40. The zero-order valence-corrected chi connectivity index (χ0v) is 15.2. The molecule has 0 unspecified atom stereocenters. The SMILES string of the molecule is COC(=O)c1cc(-c2ccc(OC(F)(F)F)cc2)c2ncn(C)c2c1Br. The number of esters is 1. The van der Waals surface area contributed by atoms with E-state index in [9.17, 15) is 18.0 Å². The molecule has 0 saturated carbocycles. The van der Waals surface area contributed by atoms with Crippen molar-refractivity contribution in [2.75, 3.05) is 7.11 Å². The third-order valence-electron chi connectivity index (χ3n) is 3.73. The Morgan fingerprint density at radius 1 is 1.23 bits per heavy atom. The standard InChI is InChI=1S/C17H12BrF3N2O3/c1-23-8-22-14-11(7-12(16(24)25-2)13(18)15(14)23)9-3-5-10(6-4-9)26-17(19,20)21/h3-8H,1-2H3. The van der Waals surface area contributed by atoms with Crippen LogP contribution in [0.5, 0.6) is 5.75 Å². The Hall–Kier alpha value is -2.55. The number of aromatic nitrogens is 2. The molecule has 0 radical (unpaired) electrons. The molecule has 0 N–H and O–H groups in total. The molecule has 26 heavy (non-hydrogen) atoms. The molecule has 0 aliphatic rings. The molecule has 0 saturated heterocycles. The lowest BCUT2D eigenvalue weighted by atomic mass is 10.0. The summed E-state index contributed by atoms with van der Waals surface area (Å²) in [4.78, 5) is 16.4. The Morgan fingerprint density at radius 3 is 2.46 bits per heavy atom. The number of rotatable bonds is 3. The van der Waals surface area contributed by atoms with Gasteiger partial charge in [0.25, 0.3) is 0 Å². The summed E-state index contributed by atoms with van der Waals surface area (Å²) in [7, 11) is 3.04. The van der Waals surface area contributed by atoms with Crippen molar-refractivity contribution in [1.29, 1.82) is 0 Å². The first-order valence-electron chi connectivity index (χ1n) is 7.29. The number of carbonyl (C=O) groups is 1. The van der Waals surface area contributed by atoms with E-state index in [1.54, 1.807) is 24.0 Å². The minimum atomic E-state index is -4.76. The minimum absolute atomic E-state index is 0.286. The van der Waals surface area contributed by atoms with Crippen LogP contribution in [0.3, 0.4) is 0 Å². The lowest BCUT2D eigenvalue weighted by Gasteiger charge is -2.12. The highest BCUT2D eigenvalue weighted by Crippen LogP contribution is 2.36. The summed E-state index contributed by atoms with van der Waals surface area (Å²) in [6.07, 6.45) is -3.17. The lowest BCUT2D eigenvalue weighted by molar-refractivity contribution is -0.274. The van der Waals surface area contributed by atoms with Crippen LogP contribution in [0.4, 0.5) is 13.2 Å². The van der Waals surface area contributed by atoms with Crippen LogP contribution in [-0.2, 0) is 11.8 Å². The summed E-state index contributed by atoms with van der Waals surface area (Å²) in [5, 5.41) is 0. The summed E-state index contributed by atoms with van der Waals surface area (Å²) in [6.45, 7) is 0. The van der Waals surface area contributed by atoms with Crippen LogP contribution < -0.4 is 4.74 Å². The summed E-state index contributed by atoms with van der Waals surface area (Å²) in [5.41, 5.74) is 2.72. The van der Waals surface area contributed by atoms with E-state index in [-0.39, 0.29) is 11.3 Å². The van der Waals surface area contributed by atoms with Crippen molar-refractivity contribution in [1.82, 2.24) is 9.55 Å². The first-order valence-corrected chi connectivity index (χ1v) is 8.08. The fourth-order valence-electron chi connectivity index (χ4n) is 2.60. The number of imidazole rings is 1. The van der Waals surface area contributed by atoms with Gasteiger partial charge in [0.05, 0.1) is 34.5 Å². The van der Waals surface area contributed by atoms with Crippen LogP contribution in [0.2, 0.25) is 0 Å². The van der Waals surface area contributed by atoms with Gasteiger partial charge < -0.3 is 14.0 Å². The van der Waals surface area contributed by atoms with Gasteiger partial charge in [-0.2, -0.15) is 0 Å². The maximum absolute atomic E-state index is 12.3. The number of nitrogens with zero attached hydrogens (tertiary/aromatic N) is 2. The van der Waals surface area contributed by atoms with Gasteiger partial charge in [0.2, 0.25) is 0 Å². The van der Waals surface area contributed by atoms with E-state index in [1.165, 1.54) is 31.4 Å². The normalized spacial score (nSPS) is 11.6. The predicted octanol–water partition coefficient (Wildman–Crippen LogP) is 4.69. The highest BCUT2D eigenvalue weighted by molar-refractivity contribution is 9.10. The molecule has 136 valence electrons. The van der Waals surface area contributed by atoms with Crippen molar-refractivity contribution in [3.63, 3.8) is 0 Å². The average Bonchev–Trinajstić information content (AvgIpc) is 2.96. The van der Waals surface area contributed by atoms with Crippen LogP contribution in [0.15, 0.2) is 41.1 Å². The quantitative estimate of drug-likeness (QED) is 0.568. The van der Waals surface area contributed by atoms with Gasteiger partial charge in [0, 0.05) is 12.6 Å². The van der Waals surface area contributed by atoms with Gasteiger partial charge in [-0.1, -0.05) is 12.1 Å². The first-order chi connectivity index (χ1) is 12.2. The molecule has 2 aromatic carbocycles.